The topological polar surface area (TPSA) is 12.0 Å². The molecule has 0 aromatic heterocycles. The van der Waals surface area contributed by atoms with Gasteiger partial charge < -0.3 is 5.32 Å². The zero-order chi connectivity index (χ0) is 13.7. The Kier molecular flexibility index (Phi) is 5.74. The third-order valence-corrected chi connectivity index (χ3v) is 5.98. The first-order valence-corrected chi connectivity index (χ1v) is 8.93. The van der Waals surface area contributed by atoms with E-state index in [1.54, 1.807) is 0 Å². The molecule has 1 heteroatoms. The van der Waals surface area contributed by atoms with Crippen molar-refractivity contribution in [3.05, 3.63) is 0 Å². The van der Waals surface area contributed by atoms with E-state index in [1.807, 2.05) is 0 Å². The van der Waals surface area contributed by atoms with Crippen LogP contribution in [0.15, 0.2) is 0 Å². The third-order valence-electron chi connectivity index (χ3n) is 5.98. The normalized spacial score (nSPS) is 32.4. The summed E-state index contributed by atoms with van der Waals surface area (Å²) >= 11 is 0. The Balaban J connectivity index is 2.03. The number of rotatable bonds is 6. The molecule has 1 nitrogen and oxygen atoms in total. The van der Waals surface area contributed by atoms with E-state index in [4.69, 9.17) is 0 Å². The van der Waals surface area contributed by atoms with Crippen LogP contribution in [-0.2, 0) is 0 Å². The predicted octanol–water partition coefficient (Wildman–Crippen LogP) is 5.15. The van der Waals surface area contributed by atoms with Gasteiger partial charge in [0.2, 0.25) is 0 Å². The first kappa shape index (κ1) is 15.4. The van der Waals surface area contributed by atoms with Gasteiger partial charge in [-0.3, -0.25) is 0 Å². The smallest absolute Gasteiger partial charge is 0.0149 e. The molecule has 0 saturated heterocycles. The van der Waals surface area contributed by atoms with Crippen LogP contribution in [0.5, 0.6) is 0 Å². The van der Waals surface area contributed by atoms with Crippen LogP contribution in [0, 0.1) is 17.3 Å². The lowest BCUT2D eigenvalue weighted by molar-refractivity contribution is 0.110. The van der Waals surface area contributed by atoms with Crippen molar-refractivity contribution >= 4 is 0 Å². The molecule has 0 aromatic rings. The number of nitrogens with one attached hydrogen (secondary N) is 1. The van der Waals surface area contributed by atoms with Gasteiger partial charge in [0.25, 0.3) is 0 Å². The van der Waals surface area contributed by atoms with Crippen LogP contribution in [0.3, 0.4) is 0 Å². The van der Waals surface area contributed by atoms with Crippen molar-refractivity contribution in [1.29, 1.82) is 0 Å². The molecule has 2 aliphatic rings. The maximum absolute atomic E-state index is 3.97. The summed E-state index contributed by atoms with van der Waals surface area (Å²) in [4.78, 5) is 0. The van der Waals surface area contributed by atoms with E-state index >= 15 is 0 Å². The van der Waals surface area contributed by atoms with Gasteiger partial charge in [-0.2, -0.15) is 0 Å². The van der Waals surface area contributed by atoms with Crippen molar-refractivity contribution in [2.24, 2.45) is 17.3 Å². The van der Waals surface area contributed by atoms with E-state index in [1.165, 1.54) is 70.8 Å². The van der Waals surface area contributed by atoms with Crippen molar-refractivity contribution in [1.82, 2.24) is 5.32 Å². The highest BCUT2D eigenvalue weighted by molar-refractivity contribution is 4.96. The first-order valence-electron chi connectivity index (χ1n) is 8.93. The van der Waals surface area contributed by atoms with Gasteiger partial charge in [0, 0.05) is 6.04 Å². The molecule has 2 fully saturated rings. The minimum Gasteiger partial charge on any atom is -0.313 e. The Hall–Kier alpha value is -0.0400. The van der Waals surface area contributed by atoms with Gasteiger partial charge in [-0.05, 0) is 55.9 Å². The van der Waals surface area contributed by atoms with Gasteiger partial charge in [0.05, 0.1) is 0 Å². The van der Waals surface area contributed by atoms with Crippen LogP contribution in [-0.4, -0.2) is 12.6 Å². The second-order valence-corrected chi connectivity index (χ2v) is 7.49. The summed E-state index contributed by atoms with van der Waals surface area (Å²) in [6.45, 7) is 8.48. The largest absolute Gasteiger partial charge is 0.313 e. The summed E-state index contributed by atoms with van der Waals surface area (Å²) in [6, 6.07) is 0.796. The first-order chi connectivity index (χ1) is 9.19. The lowest BCUT2D eigenvalue weighted by Crippen LogP contribution is -2.49. The fourth-order valence-electron chi connectivity index (χ4n) is 4.78. The zero-order valence-corrected chi connectivity index (χ0v) is 13.5. The van der Waals surface area contributed by atoms with Crippen LogP contribution in [0.4, 0.5) is 0 Å². The van der Waals surface area contributed by atoms with Gasteiger partial charge in [-0.25, -0.2) is 0 Å². The van der Waals surface area contributed by atoms with E-state index in [2.05, 4.69) is 26.1 Å². The van der Waals surface area contributed by atoms with Crippen molar-refractivity contribution in [2.75, 3.05) is 6.54 Å². The Labute approximate surface area is 120 Å². The third kappa shape index (κ3) is 3.74. The Morgan fingerprint density at radius 2 is 1.84 bits per heavy atom. The van der Waals surface area contributed by atoms with E-state index in [0.717, 1.165) is 17.9 Å². The summed E-state index contributed by atoms with van der Waals surface area (Å²) in [6.07, 6.45) is 14.5. The molecule has 0 aromatic carbocycles. The van der Waals surface area contributed by atoms with Gasteiger partial charge >= 0.3 is 0 Å². The van der Waals surface area contributed by atoms with Crippen molar-refractivity contribution < 1.29 is 0 Å². The molecular formula is C18H35N. The van der Waals surface area contributed by atoms with E-state index in [0.29, 0.717) is 5.41 Å². The molecule has 2 saturated carbocycles. The SMILES string of the molecule is CCCNC(C1CCCC(CC)C1)C1(C)CCCC1. The van der Waals surface area contributed by atoms with Crippen LogP contribution in [0.1, 0.15) is 85.0 Å². The Morgan fingerprint density at radius 1 is 1.11 bits per heavy atom. The average Bonchev–Trinajstić information content (AvgIpc) is 2.87. The highest BCUT2D eigenvalue weighted by Crippen LogP contribution is 2.46. The van der Waals surface area contributed by atoms with Crippen LogP contribution in [0.2, 0.25) is 0 Å². The quantitative estimate of drug-likeness (QED) is 0.700. The van der Waals surface area contributed by atoms with Gasteiger partial charge in [0.15, 0.2) is 0 Å². The molecule has 2 rings (SSSR count). The molecule has 0 aliphatic heterocycles. The molecule has 0 bridgehead atoms. The van der Waals surface area contributed by atoms with Crippen LogP contribution < -0.4 is 5.32 Å². The van der Waals surface area contributed by atoms with E-state index in [9.17, 15) is 0 Å². The van der Waals surface area contributed by atoms with E-state index < -0.39 is 0 Å². The molecule has 0 amide bonds. The predicted molar refractivity (Wildman–Crippen MR) is 84.4 cm³/mol. The molecule has 3 atom stereocenters. The van der Waals surface area contributed by atoms with Crippen molar-refractivity contribution in [2.45, 2.75) is 91.0 Å². The summed E-state index contributed by atoms with van der Waals surface area (Å²) in [5, 5.41) is 3.97. The van der Waals surface area contributed by atoms with Gasteiger partial charge in [0.1, 0.15) is 0 Å². The zero-order valence-electron chi connectivity index (χ0n) is 13.5. The molecule has 3 unspecified atom stereocenters. The molecule has 0 heterocycles. The highest BCUT2D eigenvalue weighted by Gasteiger charge is 2.41. The molecule has 2 aliphatic carbocycles. The molecule has 1 N–H and O–H groups in total. The molecule has 0 radical (unpaired) electrons. The van der Waals surface area contributed by atoms with Gasteiger partial charge in [-0.1, -0.05) is 52.9 Å². The fraction of sp³-hybridized carbons (Fsp3) is 1.00. The lowest BCUT2D eigenvalue weighted by Gasteiger charge is -2.43. The lowest BCUT2D eigenvalue weighted by atomic mass is 9.67. The van der Waals surface area contributed by atoms with Crippen molar-refractivity contribution in [3.8, 4) is 0 Å². The highest BCUT2D eigenvalue weighted by atomic mass is 14.9. The molecule has 112 valence electrons. The second-order valence-electron chi connectivity index (χ2n) is 7.49. The van der Waals surface area contributed by atoms with Crippen molar-refractivity contribution in [3.63, 3.8) is 0 Å². The Morgan fingerprint density at radius 3 is 2.47 bits per heavy atom. The summed E-state index contributed by atoms with van der Waals surface area (Å²) in [5.74, 6) is 1.96. The Bertz CT molecular complexity index is 254. The van der Waals surface area contributed by atoms with Crippen LogP contribution in [0.25, 0.3) is 0 Å². The van der Waals surface area contributed by atoms with Gasteiger partial charge in [-0.15, -0.1) is 0 Å². The van der Waals surface area contributed by atoms with E-state index in [-0.39, 0.29) is 0 Å². The maximum Gasteiger partial charge on any atom is 0.0149 e. The molecule has 0 spiro atoms. The summed E-state index contributed by atoms with van der Waals surface area (Å²) < 4.78 is 0. The monoisotopic (exact) mass is 265 g/mol. The molecule has 19 heavy (non-hydrogen) atoms. The summed E-state index contributed by atoms with van der Waals surface area (Å²) in [7, 11) is 0. The number of hydrogen-bond donors (Lipinski definition) is 1. The standard InChI is InChI=1S/C18H35N/c1-4-13-19-17(18(3)11-6-7-12-18)16-10-8-9-15(5-2)14-16/h15-17,19H,4-14H2,1-3H3. The fourth-order valence-corrected chi connectivity index (χ4v) is 4.78. The maximum atomic E-state index is 3.97. The average molecular weight is 265 g/mol. The minimum absolute atomic E-state index is 0.593. The second kappa shape index (κ2) is 7.11. The van der Waals surface area contributed by atoms with Crippen LogP contribution >= 0.6 is 0 Å². The minimum atomic E-state index is 0.593. The molecular weight excluding hydrogens is 230 g/mol. The summed E-state index contributed by atoms with van der Waals surface area (Å²) in [5.41, 5.74) is 0.593. The number of hydrogen-bond acceptors (Lipinski definition) is 1.